The summed E-state index contributed by atoms with van der Waals surface area (Å²) in [6.07, 6.45) is 0.683. The minimum atomic E-state index is -3.66. The molecule has 1 rings (SSSR count). The molecule has 0 spiro atoms. The van der Waals surface area contributed by atoms with E-state index >= 15 is 0 Å². The van der Waals surface area contributed by atoms with E-state index in [9.17, 15) is 18.5 Å². The van der Waals surface area contributed by atoms with Crippen molar-refractivity contribution in [2.24, 2.45) is 0 Å². The normalized spacial score (nSPS) is 13.2. The highest BCUT2D eigenvalue weighted by Crippen LogP contribution is 2.29. The van der Waals surface area contributed by atoms with Gasteiger partial charge in [0.05, 0.1) is 9.82 Å². The summed E-state index contributed by atoms with van der Waals surface area (Å²) < 4.78 is 26.3. The summed E-state index contributed by atoms with van der Waals surface area (Å²) >= 11 is 0. The van der Waals surface area contributed by atoms with Crippen LogP contribution in [0.1, 0.15) is 27.2 Å². The van der Waals surface area contributed by atoms with Crippen molar-refractivity contribution in [2.45, 2.75) is 38.1 Å². The third kappa shape index (κ3) is 3.70. The highest BCUT2D eigenvalue weighted by Gasteiger charge is 2.26. The summed E-state index contributed by atoms with van der Waals surface area (Å²) in [4.78, 5) is 10.5. The maximum absolute atomic E-state index is 12.5. The highest BCUT2D eigenvalue weighted by atomic mass is 32.2. The number of hydrogen-bond acceptors (Lipinski definition) is 5. The van der Waals surface area contributed by atoms with Gasteiger partial charge in [0.2, 0.25) is 10.0 Å². The van der Waals surface area contributed by atoms with Gasteiger partial charge in [0.15, 0.2) is 0 Å². The predicted molar refractivity (Wildman–Crippen MR) is 82.0 cm³/mol. The Bertz CT molecular complexity index is 616. The van der Waals surface area contributed by atoms with Gasteiger partial charge in [-0.25, -0.2) is 8.42 Å². The Morgan fingerprint density at radius 3 is 2.48 bits per heavy atom. The van der Waals surface area contributed by atoms with Crippen LogP contribution in [0.3, 0.4) is 0 Å². The van der Waals surface area contributed by atoms with Gasteiger partial charge in [-0.05, 0) is 32.4 Å². The fraction of sp³-hybridized carbons (Fsp3) is 0.538. The number of rotatable bonds is 7. The minimum absolute atomic E-state index is 0.0480. The number of sulfonamides is 1. The van der Waals surface area contributed by atoms with Crippen molar-refractivity contribution >= 4 is 21.4 Å². The molecule has 0 fully saturated rings. The van der Waals surface area contributed by atoms with Gasteiger partial charge in [-0.1, -0.05) is 6.92 Å². The van der Waals surface area contributed by atoms with Crippen LogP contribution in [-0.2, 0) is 10.0 Å². The number of anilines is 1. The zero-order chi connectivity index (χ0) is 16.2. The molecule has 0 bridgehead atoms. The molecule has 1 atom stereocenters. The Balaban J connectivity index is 3.31. The summed E-state index contributed by atoms with van der Waals surface area (Å²) in [5, 5.41) is 13.8. The average molecular weight is 315 g/mol. The average Bonchev–Trinajstić information content (AvgIpc) is 2.45. The molecule has 21 heavy (non-hydrogen) atoms. The third-order valence-corrected chi connectivity index (χ3v) is 5.39. The van der Waals surface area contributed by atoms with E-state index in [1.165, 1.54) is 29.6 Å². The van der Waals surface area contributed by atoms with E-state index in [2.05, 4.69) is 5.32 Å². The van der Waals surface area contributed by atoms with Crippen LogP contribution in [0.15, 0.2) is 23.1 Å². The smallest absolute Gasteiger partial charge is 0.292 e. The van der Waals surface area contributed by atoms with Crippen LogP contribution in [0.5, 0.6) is 0 Å². The quantitative estimate of drug-likeness (QED) is 0.616. The molecule has 0 heterocycles. The second kappa shape index (κ2) is 6.86. The standard InChI is InChI=1S/C13H21N3O4S/c1-5-10(3)15(4)21(19,20)11-7-8-13(16(17)18)12(9-11)14-6-2/h7-10,14H,5-6H2,1-4H3. The van der Waals surface area contributed by atoms with E-state index in [4.69, 9.17) is 0 Å². The number of nitrogens with one attached hydrogen (secondary N) is 1. The van der Waals surface area contributed by atoms with Crippen molar-refractivity contribution in [3.8, 4) is 0 Å². The van der Waals surface area contributed by atoms with Gasteiger partial charge in [-0.2, -0.15) is 4.31 Å². The van der Waals surface area contributed by atoms with E-state index in [0.29, 0.717) is 13.0 Å². The van der Waals surface area contributed by atoms with Crippen molar-refractivity contribution < 1.29 is 13.3 Å². The molecule has 0 aromatic heterocycles. The molecule has 8 heteroatoms. The number of hydrogen-bond donors (Lipinski definition) is 1. The molecule has 1 aromatic carbocycles. The highest BCUT2D eigenvalue weighted by molar-refractivity contribution is 7.89. The van der Waals surface area contributed by atoms with Crippen LogP contribution in [0.25, 0.3) is 0 Å². The summed E-state index contributed by atoms with van der Waals surface area (Å²) in [6, 6.07) is 3.66. The molecule has 118 valence electrons. The van der Waals surface area contributed by atoms with Crippen molar-refractivity contribution in [1.29, 1.82) is 0 Å². The molecule has 1 unspecified atom stereocenters. The largest absolute Gasteiger partial charge is 0.380 e. The van der Waals surface area contributed by atoms with E-state index in [0.717, 1.165) is 0 Å². The Morgan fingerprint density at radius 2 is 2.00 bits per heavy atom. The van der Waals surface area contributed by atoms with Crippen molar-refractivity contribution in [1.82, 2.24) is 4.31 Å². The number of nitrogens with zero attached hydrogens (tertiary/aromatic N) is 2. The second-order valence-electron chi connectivity index (χ2n) is 4.74. The van der Waals surface area contributed by atoms with Crippen LogP contribution in [-0.4, -0.2) is 37.3 Å². The molecule has 0 saturated carbocycles. The van der Waals surface area contributed by atoms with Crippen LogP contribution in [0.4, 0.5) is 11.4 Å². The van der Waals surface area contributed by atoms with Gasteiger partial charge in [0.1, 0.15) is 5.69 Å². The van der Waals surface area contributed by atoms with E-state index in [-0.39, 0.29) is 22.3 Å². The van der Waals surface area contributed by atoms with Crippen LogP contribution < -0.4 is 5.32 Å². The van der Waals surface area contributed by atoms with Crippen molar-refractivity contribution in [2.75, 3.05) is 18.9 Å². The summed E-state index contributed by atoms with van der Waals surface area (Å²) in [5.74, 6) is 0. The summed E-state index contributed by atoms with van der Waals surface area (Å²) in [7, 11) is -2.15. The molecule has 1 N–H and O–H groups in total. The van der Waals surface area contributed by atoms with Gasteiger partial charge in [-0.3, -0.25) is 10.1 Å². The van der Waals surface area contributed by atoms with Gasteiger partial charge in [0, 0.05) is 25.7 Å². The lowest BCUT2D eigenvalue weighted by molar-refractivity contribution is -0.384. The van der Waals surface area contributed by atoms with Gasteiger partial charge in [0.25, 0.3) is 5.69 Å². The lowest BCUT2D eigenvalue weighted by Crippen LogP contribution is -2.34. The monoisotopic (exact) mass is 315 g/mol. The molecule has 7 nitrogen and oxygen atoms in total. The Labute approximate surface area is 125 Å². The number of nitro groups is 1. The van der Waals surface area contributed by atoms with Crippen molar-refractivity contribution in [3.63, 3.8) is 0 Å². The summed E-state index contributed by atoms with van der Waals surface area (Å²) in [6.45, 7) is 5.96. The lowest BCUT2D eigenvalue weighted by Gasteiger charge is -2.23. The molecule has 0 aliphatic rings. The fourth-order valence-corrected chi connectivity index (χ4v) is 3.29. The van der Waals surface area contributed by atoms with Crippen LogP contribution in [0, 0.1) is 10.1 Å². The first kappa shape index (κ1) is 17.4. The Hall–Kier alpha value is -1.67. The van der Waals surface area contributed by atoms with E-state index < -0.39 is 14.9 Å². The Morgan fingerprint density at radius 1 is 1.38 bits per heavy atom. The first-order valence-corrected chi connectivity index (χ1v) is 8.20. The second-order valence-corrected chi connectivity index (χ2v) is 6.74. The molecule has 0 amide bonds. The molecule has 0 saturated heterocycles. The minimum Gasteiger partial charge on any atom is -0.380 e. The van der Waals surface area contributed by atoms with Gasteiger partial charge >= 0.3 is 0 Å². The van der Waals surface area contributed by atoms with Gasteiger partial charge < -0.3 is 5.32 Å². The molecule has 1 aromatic rings. The predicted octanol–water partition coefficient (Wildman–Crippen LogP) is 2.45. The van der Waals surface area contributed by atoms with Crippen LogP contribution >= 0.6 is 0 Å². The topological polar surface area (TPSA) is 92.6 Å². The molecular formula is C13H21N3O4S. The SMILES string of the molecule is CCNc1cc(S(=O)(=O)N(C)C(C)CC)ccc1[N+](=O)[O-]. The maximum atomic E-state index is 12.5. The fourth-order valence-electron chi connectivity index (χ4n) is 1.83. The number of nitro benzene ring substituents is 1. The number of benzene rings is 1. The molecule has 0 aliphatic carbocycles. The maximum Gasteiger partial charge on any atom is 0.292 e. The Kier molecular flexibility index (Phi) is 5.68. The molecule has 0 aliphatic heterocycles. The zero-order valence-corrected chi connectivity index (χ0v) is 13.5. The zero-order valence-electron chi connectivity index (χ0n) is 12.7. The molecule has 0 radical (unpaired) electrons. The van der Waals surface area contributed by atoms with Gasteiger partial charge in [-0.15, -0.1) is 0 Å². The third-order valence-electron chi connectivity index (χ3n) is 3.42. The van der Waals surface area contributed by atoms with Crippen molar-refractivity contribution in [3.05, 3.63) is 28.3 Å². The first-order chi connectivity index (χ1) is 9.75. The van der Waals surface area contributed by atoms with E-state index in [1.54, 1.807) is 6.92 Å². The molecular weight excluding hydrogens is 294 g/mol. The van der Waals surface area contributed by atoms with E-state index in [1.807, 2.05) is 13.8 Å². The lowest BCUT2D eigenvalue weighted by atomic mass is 10.2. The first-order valence-electron chi connectivity index (χ1n) is 6.76. The summed E-state index contributed by atoms with van der Waals surface area (Å²) in [5.41, 5.74) is 0.0723. The van der Waals surface area contributed by atoms with Crippen LogP contribution in [0.2, 0.25) is 0 Å².